The predicted octanol–water partition coefficient (Wildman–Crippen LogP) is 1.44. The minimum atomic E-state index is -3.82. The Bertz CT molecular complexity index is 755. The van der Waals surface area contributed by atoms with Gasteiger partial charge in [-0.2, -0.15) is 0 Å². The van der Waals surface area contributed by atoms with Crippen molar-refractivity contribution in [1.29, 1.82) is 0 Å². The van der Waals surface area contributed by atoms with E-state index < -0.39 is 10.0 Å². The summed E-state index contributed by atoms with van der Waals surface area (Å²) in [5.74, 6) is 0.623. The first-order valence-corrected chi connectivity index (χ1v) is 8.25. The van der Waals surface area contributed by atoms with Crippen LogP contribution in [0, 0.1) is 0 Å². The summed E-state index contributed by atoms with van der Waals surface area (Å²) in [5, 5.41) is 5.88. The number of pyridine rings is 1. The van der Waals surface area contributed by atoms with Crippen molar-refractivity contribution in [2.75, 3.05) is 13.2 Å². The highest BCUT2D eigenvalue weighted by Gasteiger charge is 2.19. The zero-order valence-electron chi connectivity index (χ0n) is 11.4. The maximum Gasteiger partial charge on any atom is 0.240 e. The summed E-state index contributed by atoms with van der Waals surface area (Å²) in [7, 11) is -3.82. The van der Waals surface area contributed by atoms with Crippen LogP contribution in [0.3, 0.4) is 0 Å². The minimum Gasteiger partial charge on any atom is -0.490 e. The van der Waals surface area contributed by atoms with Crippen molar-refractivity contribution in [3.63, 3.8) is 0 Å². The van der Waals surface area contributed by atoms with Crippen LogP contribution in [-0.2, 0) is 14.8 Å². The second-order valence-electron chi connectivity index (χ2n) is 4.94. The fourth-order valence-electron chi connectivity index (χ4n) is 2.43. The van der Waals surface area contributed by atoms with E-state index in [9.17, 15) is 8.42 Å². The summed E-state index contributed by atoms with van der Waals surface area (Å²) in [6, 6.07) is 6.61. The number of hydrogen-bond acceptors (Lipinski definition) is 5. The standard InChI is InChI=1S/C14H16N2O4S/c15-21(17,18)13-4-3-12(11-2-1-7-16-14(11)13)20-10-5-8-19-9-6-10/h1-4,7,10H,5-6,8-9H2,(H2,15,17,18). The normalized spacial score (nSPS) is 17.0. The topological polar surface area (TPSA) is 91.5 Å². The van der Waals surface area contributed by atoms with Gasteiger partial charge in [0.2, 0.25) is 10.0 Å². The molecule has 1 aliphatic rings. The summed E-state index contributed by atoms with van der Waals surface area (Å²) in [5.41, 5.74) is 0.338. The van der Waals surface area contributed by atoms with Gasteiger partial charge in [0.15, 0.2) is 0 Å². The van der Waals surface area contributed by atoms with Gasteiger partial charge in [-0.3, -0.25) is 4.98 Å². The van der Waals surface area contributed by atoms with Crippen LogP contribution in [0.5, 0.6) is 5.75 Å². The van der Waals surface area contributed by atoms with E-state index in [0.29, 0.717) is 29.9 Å². The number of primary sulfonamides is 1. The van der Waals surface area contributed by atoms with Gasteiger partial charge in [-0.1, -0.05) is 0 Å². The molecule has 1 fully saturated rings. The lowest BCUT2D eigenvalue weighted by atomic mass is 10.1. The Morgan fingerprint density at radius 1 is 1.24 bits per heavy atom. The second-order valence-corrected chi connectivity index (χ2v) is 6.47. The zero-order chi connectivity index (χ0) is 14.9. The van der Waals surface area contributed by atoms with Crippen molar-refractivity contribution in [2.45, 2.75) is 23.8 Å². The zero-order valence-corrected chi connectivity index (χ0v) is 12.2. The maximum absolute atomic E-state index is 11.6. The monoisotopic (exact) mass is 308 g/mol. The van der Waals surface area contributed by atoms with E-state index in [1.54, 1.807) is 18.2 Å². The van der Waals surface area contributed by atoms with Crippen LogP contribution in [-0.4, -0.2) is 32.7 Å². The summed E-state index contributed by atoms with van der Waals surface area (Å²) in [6.45, 7) is 1.35. The molecule has 6 nitrogen and oxygen atoms in total. The van der Waals surface area contributed by atoms with Gasteiger partial charge >= 0.3 is 0 Å². The average molecular weight is 308 g/mol. The molecular weight excluding hydrogens is 292 g/mol. The maximum atomic E-state index is 11.6. The molecule has 0 saturated carbocycles. The molecule has 2 N–H and O–H groups in total. The number of nitrogens with zero attached hydrogens (tertiary/aromatic N) is 1. The van der Waals surface area contributed by atoms with E-state index in [4.69, 9.17) is 14.6 Å². The molecule has 1 aromatic heterocycles. The van der Waals surface area contributed by atoms with Crippen LogP contribution in [0.15, 0.2) is 35.4 Å². The average Bonchev–Trinajstić information content (AvgIpc) is 2.47. The SMILES string of the molecule is NS(=O)(=O)c1ccc(OC2CCOCC2)c2cccnc12. The molecule has 0 spiro atoms. The molecule has 0 radical (unpaired) electrons. The number of ether oxygens (including phenoxy) is 2. The highest BCUT2D eigenvalue weighted by molar-refractivity contribution is 7.89. The van der Waals surface area contributed by atoms with Gasteiger partial charge in [-0.25, -0.2) is 13.6 Å². The molecule has 0 bridgehead atoms. The van der Waals surface area contributed by atoms with Crippen LogP contribution < -0.4 is 9.88 Å². The highest BCUT2D eigenvalue weighted by Crippen LogP contribution is 2.30. The van der Waals surface area contributed by atoms with Crippen molar-refractivity contribution in [1.82, 2.24) is 4.98 Å². The van der Waals surface area contributed by atoms with Gasteiger partial charge < -0.3 is 9.47 Å². The molecule has 0 unspecified atom stereocenters. The van der Waals surface area contributed by atoms with E-state index in [0.717, 1.165) is 12.8 Å². The largest absolute Gasteiger partial charge is 0.490 e. The Morgan fingerprint density at radius 2 is 2.00 bits per heavy atom. The van der Waals surface area contributed by atoms with Gasteiger partial charge in [0.05, 0.1) is 18.7 Å². The summed E-state index contributed by atoms with van der Waals surface area (Å²) < 4.78 is 34.5. The number of aromatic nitrogens is 1. The van der Waals surface area contributed by atoms with Crippen molar-refractivity contribution in [3.05, 3.63) is 30.5 Å². The molecule has 2 heterocycles. The van der Waals surface area contributed by atoms with Gasteiger partial charge in [0.1, 0.15) is 16.7 Å². The Kier molecular flexibility index (Phi) is 3.79. The molecule has 1 saturated heterocycles. The van der Waals surface area contributed by atoms with E-state index >= 15 is 0 Å². The van der Waals surface area contributed by atoms with Crippen LogP contribution in [0.1, 0.15) is 12.8 Å². The molecule has 0 atom stereocenters. The van der Waals surface area contributed by atoms with Crippen molar-refractivity contribution in [2.24, 2.45) is 5.14 Å². The smallest absolute Gasteiger partial charge is 0.240 e. The fraction of sp³-hybridized carbons (Fsp3) is 0.357. The molecule has 3 rings (SSSR count). The minimum absolute atomic E-state index is 0.0115. The Labute approximate surface area is 122 Å². The van der Waals surface area contributed by atoms with Crippen molar-refractivity contribution >= 4 is 20.9 Å². The van der Waals surface area contributed by atoms with Crippen molar-refractivity contribution in [3.8, 4) is 5.75 Å². The Morgan fingerprint density at radius 3 is 2.71 bits per heavy atom. The lowest BCUT2D eigenvalue weighted by Gasteiger charge is -2.24. The third kappa shape index (κ3) is 2.99. The molecule has 2 aromatic rings. The first-order valence-electron chi connectivity index (χ1n) is 6.70. The predicted molar refractivity (Wildman–Crippen MR) is 77.6 cm³/mol. The summed E-state index contributed by atoms with van der Waals surface area (Å²) in [6.07, 6.45) is 3.24. The molecule has 7 heteroatoms. The summed E-state index contributed by atoms with van der Waals surface area (Å²) in [4.78, 5) is 4.15. The molecule has 21 heavy (non-hydrogen) atoms. The number of benzene rings is 1. The van der Waals surface area contributed by atoms with E-state index in [1.165, 1.54) is 12.3 Å². The Balaban J connectivity index is 2.04. The number of rotatable bonds is 3. The number of fused-ring (bicyclic) bond motifs is 1. The lowest BCUT2D eigenvalue weighted by molar-refractivity contribution is 0.0262. The first kappa shape index (κ1) is 14.2. The molecule has 1 aromatic carbocycles. The van der Waals surface area contributed by atoms with Crippen molar-refractivity contribution < 1.29 is 17.9 Å². The molecule has 1 aliphatic heterocycles. The third-order valence-electron chi connectivity index (χ3n) is 3.46. The molecule has 0 aliphatic carbocycles. The van der Waals surface area contributed by atoms with Gasteiger partial charge in [0, 0.05) is 24.4 Å². The molecular formula is C14H16N2O4S. The van der Waals surface area contributed by atoms with Crippen LogP contribution in [0.25, 0.3) is 10.9 Å². The molecule has 0 amide bonds. The number of sulfonamides is 1. The fourth-order valence-corrected chi connectivity index (χ4v) is 3.12. The van der Waals surface area contributed by atoms with E-state index in [1.807, 2.05) is 0 Å². The summed E-state index contributed by atoms with van der Waals surface area (Å²) >= 11 is 0. The van der Waals surface area contributed by atoms with E-state index in [2.05, 4.69) is 4.98 Å². The van der Waals surface area contributed by atoms with Crippen LogP contribution >= 0.6 is 0 Å². The van der Waals surface area contributed by atoms with Crippen LogP contribution in [0.2, 0.25) is 0 Å². The highest BCUT2D eigenvalue weighted by atomic mass is 32.2. The third-order valence-corrected chi connectivity index (χ3v) is 4.40. The number of hydrogen-bond donors (Lipinski definition) is 1. The quantitative estimate of drug-likeness (QED) is 0.926. The molecule has 112 valence electrons. The van der Waals surface area contributed by atoms with Gasteiger partial charge in [0.25, 0.3) is 0 Å². The second kappa shape index (κ2) is 5.59. The number of nitrogens with two attached hydrogens (primary N) is 1. The first-order chi connectivity index (χ1) is 10.1. The van der Waals surface area contributed by atoms with Gasteiger partial charge in [-0.15, -0.1) is 0 Å². The Hall–Kier alpha value is -1.70. The van der Waals surface area contributed by atoms with E-state index in [-0.39, 0.29) is 11.0 Å². The lowest BCUT2D eigenvalue weighted by Crippen LogP contribution is -2.26. The van der Waals surface area contributed by atoms with Gasteiger partial charge in [-0.05, 0) is 24.3 Å². The van der Waals surface area contributed by atoms with Crippen LogP contribution in [0.4, 0.5) is 0 Å².